The van der Waals surface area contributed by atoms with Crippen molar-refractivity contribution in [3.8, 4) is 5.75 Å². The van der Waals surface area contributed by atoms with Gasteiger partial charge in [-0.15, -0.1) is 0 Å². The molecule has 1 aliphatic rings. The van der Waals surface area contributed by atoms with Gasteiger partial charge in [0.25, 0.3) is 0 Å². The molecule has 0 saturated carbocycles. The van der Waals surface area contributed by atoms with E-state index in [1.165, 1.54) is 7.11 Å². The normalized spacial score (nSPS) is 17.2. The van der Waals surface area contributed by atoms with E-state index >= 15 is 0 Å². The van der Waals surface area contributed by atoms with Gasteiger partial charge in [-0.25, -0.2) is 4.39 Å². The average Bonchev–Trinajstić information content (AvgIpc) is 2.79. The maximum absolute atomic E-state index is 13.9. The Morgan fingerprint density at radius 1 is 1.13 bits per heavy atom. The molecule has 2 atom stereocenters. The molecule has 3 rings (SSSR count). The Labute approximate surface area is 185 Å². The first-order valence-electron chi connectivity index (χ1n) is 11.2. The van der Waals surface area contributed by atoms with Crippen LogP contribution in [0.1, 0.15) is 43.9 Å². The van der Waals surface area contributed by atoms with Gasteiger partial charge in [-0.2, -0.15) is 0 Å². The molecule has 31 heavy (non-hydrogen) atoms. The number of carbonyl (C=O) groups excluding carboxylic acids is 1. The summed E-state index contributed by atoms with van der Waals surface area (Å²) in [5.74, 6) is 0.0160. The molecule has 0 aromatic heterocycles. The van der Waals surface area contributed by atoms with Crippen molar-refractivity contribution in [1.29, 1.82) is 0 Å². The molecule has 0 radical (unpaired) electrons. The van der Waals surface area contributed by atoms with Crippen molar-refractivity contribution in [3.05, 3.63) is 65.5 Å². The third-order valence-electron chi connectivity index (χ3n) is 6.05. The molecule has 0 aliphatic carbocycles. The number of amides is 1. The highest BCUT2D eigenvalue weighted by Crippen LogP contribution is 2.21. The lowest BCUT2D eigenvalue weighted by molar-refractivity contribution is -0.127. The van der Waals surface area contributed by atoms with E-state index in [1.807, 2.05) is 31.2 Å². The Morgan fingerprint density at radius 2 is 1.84 bits per heavy atom. The Morgan fingerprint density at radius 3 is 2.45 bits per heavy atom. The molecule has 0 spiro atoms. The van der Waals surface area contributed by atoms with Crippen molar-refractivity contribution in [1.82, 2.24) is 15.1 Å². The molecule has 2 aromatic rings. The number of hydrogen-bond donors (Lipinski definition) is 1. The number of nitrogens with one attached hydrogen (secondary N) is 1. The largest absolute Gasteiger partial charge is 0.494 e. The van der Waals surface area contributed by atoms with Crippen molar-refractivity contribution in [3.63, 3.8) is 0 Å². The summed E-state index contributed by atoms with van der Waals surface area (Å²) in [5, 5.41) is 3.25. The van der Waals surface area contributed by atoms with E-state index in [4.69, 9.17) is 4.74 Å². The van der Waals surface area contributed by atoms with Gasteiger partial charge in [0.1, 0.15) is 0 Å². The molecule has 1 amide bonds. The second kappa shape index (κ2) is 11.3. The summed E-state index contributed by atoms with van der Waals surface area (Å²) in [6, 6.07) is 15.2. The number of ether oxygens (including phenoxy) is 1. The second-order valence-corrected chi connectivity index (χ2v) is 8.22. The van der Waals surface area contributed by atoms with Crippen molar-refractivity contribution < 1.29 is 13.9 Å². The van der Waals surface area contributed by atoms with E-state index < -0.39 is 0 Å². The highest BCUT2D eigenvalue weighted by Gasteiger charge is 2.27. The van der Waals surface area contributed by atoms with Crippen molar-refractivity contribution in [2.45, 2.75) is 45.3 Å². The maximum atomic E-state index is 13.9. The topological polar surface area (TPSA) is 44.8 Å². The fraction of sp³-hybridized carbons (Fsp3) is 0.480. The molecule has 6 heteroatoms. The molecule has 1 heterocycles. The van der Waals surface area contributed by atoms with Crippen LogP contribution in [0.15, 0.2) is 48.5 Å². The third-order valence-corrected chi connectivity index (χ3v) is 6.05. The zero-order chi connectivity index (χ0) is 22.2. The van der Waals surface area contributed by atoms with Crippen LogP contribution < -0.4 is 10.1 Å². The van der Waals surface area contributed by atoms with Gasteiger partial charge < -0.3 is 10.1 Å². The number of halogens is 1. The smallest absolute Gasteiger partial charge is 0.237 e. The highest BCUT2D eigenvalue weighted by atomic mass is 19.1. The van der Waals surface area contributed by atoms with Gasteiger partial charge >= 0.3 is 0 Å². The Hall–Kier alpha value is -2.44. The number of nitrogens with zero attached hydrogens (tertiary/aromatic N) is 2. The predicted molar refractivity (Wildman–Crippen MR) is 121 cm³/mol. The zero-order valence-corrected chi connectivity index (χ0v) is 18.8. The summed E-state index contributed by atoms with van der Waals surface area (Å²) in [6.07, 6.45) is 1.94. The summed E-state index contributed by atoms with van der Waals surface area (Å²) < 4.78 is 18.9. The van der Waals surface area contributed by atoms with E-state index in [2.05, 4.69) is 34.2 Å². The first kappa shape index (κ1) is 23.2. The van der Waals surface area contributed by atoms with Gasteiger partial charge in [-0.05, 0) is 36.6 Å². The SMILES string of the molecule is CCCC(NC(=O)C(C)N1CCN(Cc2ccc(OC)c(F)c2)CC1)c1ccccc1. The lowest BCUT2D eigenvalue weighted by Crippen LogP contribution is -2.53. The molecule has 0 bridgehead atoms. The average molecular weight is 428 g/mol. The van der Waals surface area contributed by atoms with Gasteiger partial charge in [-0.3, -0.25) is 14.6 Å². The number of carbonyl (C=O) groups is 1. The summed E-state index contributed by atoms with van der Waals surface area (Å²) in [4.78, 5) is 17.5. The molecule has 1 N–H and O–H groups in total. The monoisotopic (exact) mass is 427 g/mol. The van der Waals surface area contributed by atoms with E-state index in [-0.39, 0.29) is 29.6 Å². The summed E-state index contributed by atoms with van der Waals surface area (Å²) in [6.45, 7) is 8.15. The van der Waals surface area contributed by atoms with Crippen LogP contribution in [0.25, 0.3) is 0 Å². The molecular formula is C25H34FN3O2. The lowest BCUT2D eigenvalue weighted by Gasteiger charge is -2.38. The minimum absolute atomic E-state index is 0.0485. The minimum atomic E-state index is -0.330. The Balaban J connectivity index is 1.51. The minimum Gasteiger partial charge on any atom is -0.494 e. The van der Waals surface area contributed by atoms with Crippen LogP contribution in [-0.2, 0) is 11.3 Å². The first-order chi connectivity index (χ1) is 15.0. The van der Waals surface area contributed by atoms with Crippen LogP contribution in [0.4, 0.5) is 4.39 Å². The van der Waals surface area contributed by atoms with E-state index in [9.17, 15) is 9.18 Å². The standard InChI is InChI=1S/C25H34FN3O2/c1-4-8-23(21-9-6-5-7-10-21)27-25(30)19(2)29-15-13-28(14-16-29)18-20-11-12-24(31-3)22(26)17-20/h5-7,9-12,17,19,23H,4,8,13-16,18H2,1-3H3,(H,27,30). The maximum Gasteiger partial charge on any atom is 0.237 e. The number of rotatable bonds is 9. The highest BCUT2D eigenvalue weighted by molar-refractivity contribution is 5.81. The van der Waals surface area contributed by atoms with Crippen LogP contribution in [0.5, 0.6) is 5.75 Å². The van der Waals surface area contributed by atoms with Gasteiger partial charge in [-0.1, -0.05) is 49.7 Å². The number of hydrogen-bond acceptors (Lipinski definition) is 4. The van der Waals surface area contributed by atoms with Crippen molar-refractivity contribution in [2.24, 2.45) is 0 Å². The van der Waals surface area contributed by atoms with Gasteiger partial charge in [0.05, 0.1) is 19.2 Å². The zero-order valence-electron chi connectivity index (χ0n) is 18.8. The molecule has 5 nitrogen and oxygen atoms in total. The first-order valence-corrected chi connectivity index (χ1v) is 11.2. The quantitative estimate of drug-likeness (QED) is 0.657. The summed E-state index contributed by atoms with van der Waals surface area (Å²) in [7, 11) is 1.47. The van der Waals surface area contributed by atoms with Crippen molar-refractivity contribution in [2.75, 3.05) is 33.3 Å². The van der Waals surface area contributed by atoms with Crippen LogP contribution in [0.2, 0.25) is 0 Å². The number of piperazine rings is 1. The molecule has 168 valence electrons. The van der Waals surface area contributed by atoms with E-state index in [1.54, 1.807) is 12.1 Å². The fourth-order valence-corrected chi connectivity index (χ4v) is 4.13. The van der Waals surface area contributed by atoms with Crippen LogP contribution in [-0.4, -0.2) is 55.0 Å². The van der Waals surface area contributed by atoms with Crippen LogP contribution in [0, 0.1) is 5.82 Å². The molecule has 2 aromatic carbocycles. The Kier molecular flexibility index (Phi) is 8.43. The van der Waals surface area contributed by atoms with Gasteiger partial charge in [0.2, 0.25) is 5.91 Å². The van der Waals surface area contributed by atoms with Crippen LogP contribution in [0.3, 0.4) is 0 Å². The summed E-state index contributed by atoms with van der Waals surface area (Å²) >= 11 is 0. The second-order valence-electron chi connectivity index (χ2n) is 8.22. The molecule has 1 aliphatic heterocycles. The number of benzene rings is 2. The van der Waals surface area contributed by atoms with E-state index in [0.29, 0.717) is 6.54 Å². The predicted octanol–water partition coefficient (Wildman–Crippen LogP) is 4.00. The molecule has 1 fully saturated rings. The summed E-state index contributed by atoms with van der Waals surface area (Å²) in [5.41, 5.74) is 2.09. The fourth-order valence-electron chi connectivity index (χ4n) is 4.13. The van der Waals surface area contributed by atoms with Crippen LogP contribution >= 0.6 is 0 Å². The molecule has 2 unspecified atom stereocenters. The lowest BCUT2D eigenvalue weighted by atomic mass is 10.0. The number of methoxy groups -OCH3 is 1. The third kappa shape index (κ3) is 6.28. The van der Waals surface area contributed by atoms with Gasteiger partial charge in [0.15, 0.2) is 11.6 Å². The van der Waals surface area contributed by atoms with E-state index in [0.717, 1.165) is 50.1 Å². The molecule has 1 saturated heterocycles. The molecular weight excluding hydrogens is 393 g/mol. The van der Waals surface area contributed by atoms with Gasteiger partial charge in [0, 0.05) is 32.7 Å². The van der Waals surface area contributed by atoms with Crippen molar-refractivity contribution >= 4 is 5.91 Å². The Bertz CT molecular complexity index is 838.